The average molecular weight is 142 g/mol. The molecule has 0 saturated carbocycles. The molecule has 0 amide bonds. The zero-order chi connectivity index (χ0) is 7.72. The maximum atomic E-state index is 10.6. The Morgan fingerprint density at radius 3 is 1.60 bits per heavy atom. The lowest BCUT2D eigenvalue weighted by Gasteiger charge is -1.96. The number of nitrogens with two attached hydrogens (primary N) is 2. The maximum Gasteiger partial charge on any atom is 0.336 e. The molecule has 0 saturated heterocycles. The molecule has 0 radical (unpaired) electrons. The number of nitrogens with zero attached hydrogens (tertiary/aromatic N) is 2. The van der Waals surface area contributed by atoms with E-state index in [1.807, 2.05) is 0 Å². The lowest BCUT2D eigenvalue weighted by molar-refractivity contribution is 0.808. The molecule has 1 aromatic heterocycles. The molecule has 0 unspecified atom stereocenters. The van der Waals surface area contributed by atoms with Crippen LogP contribution in [0.4, 0.5) is 0 Å². The monoisotopic (exact) mass is 142 g/mol. The Balaban J connectivity index is 3.67. The van der Waals surface area contributed by atoms with Crippen molar-refractivity contribution >= 4 is 0 Å². The average Bonchev–Trinajstić information content (AvgIpc) is 1.93. The largest absolute Gasteiger partial charge is 0.336 e. The molecule has 1 aromatic rings. The normalized spacial score (nSPS) is 9.60. The van der Waals surface area contributed by atoms with Gasteiger partial charge in [0.25, 0.3) is 0 Å². The van der Waals surface area contributed by atoms with Crippen LogP contribution in [-0.4, -0.2) is 9.35 Å². The number of aromatic nitrogens is 2. The molecule has 1 rings (SSSR count). The third kappa shape index (κ3) is 0.750. The molecular weight excluding hydrogens is 136 g/mol. The minimum absolute atomic E-state index is 0.672. The quantitative estimate of drug-likeness (QED) is 0.307. The first-order valence-electron chi connectivity index (χ1n) is 2.47. The Kier molecular flexibility index (Phi) is 1.22. The predicted octanol–water partition coefficient (Wildman–Crippen LogP) is -2.56. The van der Waals surface area contributed by atoms with Crippen LogP contribution < -0.4 is 22.8 Å². The van der Waals surface area contributed by atoms with Crippen molar-refractivity contribution in [1.82, 2.24) is 9.35 Å². The molecule has 0 bridgehead atoms. The van der Waals surface area contributed by atoms with Crippen molar-refractivity contribution in [2.24, 2.45) is 0 Å². The van der Waals surface area contributed by atoms with Gasteiger partial charge in [0.05, 0.1) is 0 Å². The van der Waals surface area contributed by atoms with Gasteiger partial charge in [0.15, 0.2) is 0 Å². The van der Waals surface area contributed by atoms with Gasteiger partial charge in [-0.1, -0.05) is 0 Å². The molecule has 54 valence electrons. The fourth-order valence-electron chi connectivity index (χ4n) is 0.500. The van der Waals surface area contributed by atoms with Gasteiger partial charge in [-0.3, -0.25) is 9.59 Å². The first-order chi connectivity index (χ1) is 4.63. The van der Waals surface area contributed by atoms with E-state index in [1.165, 1.54) is 12.4 Å². The summed E-state index contributed by atoms with van der Waals surface area (Å²) in [6.45, 7) is 0. The molecule has 4 N–H and O–H groups in total. The summed E-state index contributed by atoms with van der Waals surface area (Å²) in [5, 5.41) is 0. The second-order valence-corrected chi connectivity index (χ2v) is 1.72. The Morgan fingerprint density at radius 2 is 1.30 bits per heavy atom. The highest BCUT2D eigenvalue weighted by Crippen LogP contribution is 1.62. The second kappa shape index (κ2) is 1.90. The number of rotatable bonds is 0. The van der Waals surface area contributed by atoms with Gasteiger partial charge in [-0.25, -0.2) is 9.35 Å². The summed E-state index contributed by atoms with van der Waals surface area (Å²) in [5.74, 6) is 10.0. The Labute approximate surface area is 55.2 Å². The maximum absolute atomic E-state index is 10.6. The van der Waals surface area contributed by atoms with Crippen molar-refractivity contribution in [3.8, 4) is 0 Å². The highest BCUT2D eigenvalue weighted by atomic mass is 16.2. The molecule has 6 heteroatoms. The Morgan fingerprint density at radius 1 is 1.00 bits per heavy atom. The fraction of sp³-hybridized carbons (Fsp3) is 0. The van der Waals surface area contributed by atoms with E-state index < -0.39 is 11.1 Å². The molecule has 10 heavy (non-hydrogen) atoms. The zero-order valence-corrected chi connectivity index (χ0v) is 5.02. The first kappa shape index (κ1) is 6.40. The van der Waals surface area contributed by atoms with Gasteiger partial charge in [-0.05, 0) is 0 Å². The summed E-state index contributed by atoms with van der Waals surface area (Å²) in [5.41, 5.74) is -1.69. The van der Waals surface area contributed by atoms with Crippen molar-refractivity contribution in [1.29, 1.82) is 0 Å². The van der Waals surface area contributed by atoms with Crippen molar-refractivity contribution < 1.29 is 0 Å². The van der Waals surface area contributed by atoms with Gasteiger partial charge in [-0.15, -0.1) is 0 Å². The SMILES string of the molecule is Nn1ccn(N)c(=O)c1=O. The molecule has 0 aliphatic rings. The predicted molar refractivity (Wildman–Crippen MR) is 35.3 cm³/mol. The van der Waals surface area contributed by atoms with Gasteiger partial charge in [0.2, 0.25) is 0 Å². The highest BCUT2D eigenvalue weighted by Gasteiger charge is 1.97. The van der Waals surface area contributed by atoms with Gasteiger partial charge < -0.3 is 11.7 Å². The zero-order valence-electron chi connectivity index (χ0n) is 5.02. The van der Waals surface area contributed by atoms with Gasteiger partial charge in [0, 0.05) is 12.4 Å². The van der Waals surface area contributed by atoms with E-state index in [4.69, 9.17) is 11.7 Å². The van der Waals surface area contributed by atoms with Crippen LogP contribution >= 0.6 is 0 Å². The Hall–Kier alpha value is -1.72. The van der Waals surface area contributed by atoms with Crippen molar-refractivity contribution in [3.05, 3.63) is 33.1 Å². The summed E-state index contributed by atoms with van der Waals surface area (Å²) in [6, 6.07) is 0. The van der Waals surface area contributed by atoms with Crippen LogP contribution in [-0.2, 0) is 0 Å². The van der Waals surface area contributed by atoms with E-state index in [9.17, 15) is 9.59 Å². The topological polar surface area (TPSA) is 96.0 Å². The van der Waals surface area contributed by atoms with E-state index >= 15 is 0 Å². The van der Waals surface area contributed by atoms with Crippen LogP contribution in [0.5, 0.6) is 0 Å². The minimum Gasteiger partial charge on any atom is -0.336 e. The van der Waals surface area contributed by atoms with Crippen LogP contribution in [0.25, 0.3) is 0 Å². The fourth-order valence-corrected chi connectivity index (χ4v) is 0.500. The molecular formula is C4H6N4O2. The lowest BCUT2D eigenvalue weighted by atomic mass is 10.7. The third-order valence-electron chi connectivity index (χ3n) is 1.04. The molecule has 0 aliphatic heterocycles. The van der Waals surface area contributed by atoms with Crippen LogP contribution in [0, 0.1) is 0 Å². The molecule has 0 fully saturated rings. The molecule has 0 spiro atoms. The molecule has 0 aliphatic carbocycles. The third-order valence-corrected chi connectivity index (χ3v) is 1.04. The molecule has 6 nitrogen and oxygen atoms in total. The highest BCUT2D eigenvalue weighted by molar-refractivity contribution is 4.84. The van der Waals surface area contributed by atoms with E-state index in [0.717, 1.165) is 0 Å². The van der Waals surface area contributed by atoms with E-state index in [1.54, 1.807) is 0 Å². The summed E-state index contributed by atoms with van der Waals surface area (Å²) in [6.07, 6.45) is 2.40. The molecule has 1 heterocycles. The van der Waals surface area contributed by atoms with Crippen LogP contribution in [0.1, 0.15) is 0 Å². The van der Waals surface area contributed by atoms with Crippen LogP contribution in [0.3, 0.4) is 0 Å². The van der Waals surface area contributed by atoms with Gasteiger partial charge in [-0.2, -0.15) is 0 Å². The summed E-state index contributed by atoms with van der Waals surface area (Å²) < 4.78 is 1.34. The van der Waals surface area contributed by atoms with E-state index in [2.05, 4.69) is 0 Å². The minimum atomic E-state index is -0.843. The van der Waals surface area contributed by atoms with Crippen molar-refractivity contribution in [2.45, 2.75) is 0 Å². The summed E-state index contributed by atoms with van der Waals surface area (Å²) in [7, 11) is 0. The van der Waals surface area contributed by atoms with Crippen LogP contribution in [0.15, 0.2) is 22.0 Å². The number of hydrogen-bond donors (Lipinski definition) is 2. The molecule has 0 atom stereocenters. The Bertz CT molecular complexity index is 314. The van der Waals surface area contributed by atoms with Crippen LogP contribution in [0.2, 0.25) is 0 Å². The number of hydrogen-bond acceptors (Lipinski definition) is 4. The van der Waals surface area contributed by atoms with Gasteiger partial charge in [0.1, 0.15) is 0 Å². The van der Waals surface area contributed by atoms with Gasteiger partial charge >= 0.3 is 11.1 Å². The van der Waals surface area contributed by atoms with E-state index in [0.29, 0.717) is 9.35 Å². The first-order valence-corrected chi connectivity index (χ1v) is 2.47. The smallest absolute Gasteiger partial charge is 0.336 e. The van der Waals surface area contributed by atoms with Crippen molar-refractivity contribution in [3.63, 3.8) is 0 Å². The molecule has 0 aromatic carbocycles. The summed E-state index contributed by atoms with van der Waals surface area (Å²) in [4.78, 5) is 21.2. The number of nitrogen functional groups attached to an aromatic ring is 2. The second-order valence-electron chi connectivity index (χ2n) is 1.72. The lowest BCUT2D eigenvalue weighted by Crippen LogP contribution is -2.45. The van der Waals surface area contributed by atoms with E-state index in [-0.39, 0.29) is 0 Å². The summed E-state index contributed by atoms with van der Waals surface area (Å²) >= 11 is 0. The standard InChI is InChI=1S/C4H6N4O2/c5-7-1-2-8(6)4(10)3(7)9/h1-2H,5-6H2. The van der Waals surface area contributed by atoms with Crippen molar-refractivity contribution in [2.75, 3.05) is 11.7 Å².